The molecule has 0 spiro atoms. The van der Waals surface area contributed by atoms with Crippen LogP contribution < -0.4 is 9.47 Å². The predicted molar refractivity (Wildman–Crippen MR) is 55.1 cm³/mol. The lowest BCUT2D eigenvalue weighted by Gasteiger charge is -2.09. The molecule has 0 N–H and O–H groups in total. The molecule has 0 radical (unpaired) electrons. The van der Waals surface area contributed by atoms with Crippen molar-refractivity contribution in [3.05, 3.63) is 22.2 Å². The average molecular weight is 257 g/mol. The summed E-state index contributed by atoms with van der Waals surface area (Å²) in [6.07, 6.45) is 1.61. The van der Waals surface area contributed by atoms with Crippen molar-refractivity contribution in [3.8, 4) is 11.5 Å². The van der Waals surface area contributed by atoms with Crippen LogP contribution in [-0.2, 0) is 0 Å². The number of benzene rings is 1. The summed E-state index contributed by atoms with van der Waals surface area (Å²) in [5, 5.41) is 0. The molecule has 1 aromatic carbocycles. The van der Waals surface area contributed by atoms with Crippen LogP contribution in [0.4, 0.5) is 0 Å². The fourth-order valence-electron chi connectivity index (χ4n) is 1.35. The van der Waals surface area contributed by atoms with Gasteiger partial charge in [0.25, 0.3) is 0 Å². The minimum atomic E-state index is 0.524. The predicted octanol–water partition coefficient (Wildman–Crippen LogP) is 2.42. The van der Waals surface area contributed by atoms with Gasteiger partial charge in [-0.25, -0.2) is 0 Å². The van der Waals surface area contributed by atoms with Gasteiger partial charge >= 0.3 is 0 Å². The highest BCUT2D eigenvalue weighted by Gasteiger charge is 2.15. The lowest BCUT2D eigenvalue weighted by Crippen LogP contribution is -1.98. The molecule has 14 heavy (non-hydrogen) atoms. The largest absolute Gasteiger partial charge is 0.489 e. The Morgan fingerprint density at radius 3 is 2.86 bits per heavy atom. The Labute approximate surface area is 90.1 Å². The van der Waals surface area contributed by atoms with Crippen LogP contribution in [0.15, 0.2) is 16.6 Å². The number of halogens is 1. The Morgan fingerprint density at radius 2 is 2.07 bits per heavy atom. The second-order valence-corrected chi connectivity index (χ2v) is 3.91. The van der Waals surface area contributed by atoms with E-state index in [-0.39, 0.29) is 0 Å². The van der Waals surface area contributed by atoms with E-state index in [4.69, 9.17) is 9.47 Å². The standard InChI is InChI=1S/C10H9BrO3/c11-8-4-7(6-12)10-9(5-8)13-2-1-3-14-10/h4-6H,1-3H2. The molecule has 1 aromatic rings. The maximum atomic E-state index is 10.8. The number of hydrogen-bond donors (Lipinski definition) is 0. The first-order valence-corrected chi connectivity index (χ1v) is 5.15. The maximum absolute atomic E-state index is 10.8. The minimum Gasteiger partial charge on any atom is -0.489 e. The number of carbonyl (C=O) groups excluding carboxylic acids is 1. The van der Waals surface area contributed by atoms with E-state index in [0.717, 1.165) is 17.2 Å². The highest BCUT2D eigenvalue weighted by Crippen LogP contribution is 2.35. The average Bonchev–Trinajstić information content (AvgIpc) is 2.41. The molecular formula is C10H9BrO3. The highest BCUT2D eigenvalue weighted by molar-refractivity contribution is 9.10. The molecule has 74 valence electrons. The van der Waals surface area contributed by atoms with Crippen molar-refractivity contribution in [1.82, 2.24) is 0 Å². The number of aldehydes is 1. The van der Waals surface area contributed by atoms with Gasteiger partial charge < -0.3 is 9.47 Å². The van der Waals surface area contributed by atoms with Crippen molar-refractivity contribution in [2.75, 3.05) is 13.2 Å². The molecule has 1 aliphatic rings. The second kappa shape index (κ2) is 4.00. The Balaban J connectivity index is 2.51. The van der Waals surface area contributed by atoms with E-state index in [0.29, 0.717) is 30.3 Å². The van der Waals surface area contributed by atoms with E-state index in [1.54, 1.807) is 6.07 Å². The fraction of sp³-hybridized carbons (Fsp3) is 0.300. The van der Waals surface area contributed by atoms with Crippen molar-refractivity contribution in [2.24, 2.45) is 0 Å². The molecule has 0 aromatic heterocycles. The zero-order valence-electron chi connectivity index (χ0n) is 7.46. The molecule has 0 amide bonds. The molecule has 1 aliphatic heterocycles. The van der Waals surface area contributed by atoms with Crippen molar-refractivity contribution < 1.29 is 14.3 Å². The summed E-state index contributed by atoms with van der Waals surface area (Å²) >= 11 is 3.31. The van der Waals surface area contributed by atoms with E-state index in [2.05, 4.69) is 15.9 Å². The number of rotatable bonds is 1. The first kappa shape index (κ1) is 9.52. The zero-order valence-corrected chi connectivity index (χ0v) is 9.04. The summed E-state index contributed by atoms with van der Waals surface area (Å²) in [6.45, 7) is 1.22. The van der Waals surface area contributed by atoms with Crippen molar-refractivity contribution in [1.29, 1.82) is 0 Å². The van der Waals surface area contributed by atoms with Crippen molar-refractivity contribution >= 4 is 22.2 Å². The van der Waals surface area contributed by atoms with Gasteiger partial charge in [-0.05, 0) is 12.1 Å². The van der Waals surface area contributed by atoms with Gasteiger partial charge in [-0.15, -0.1) is 0 Å². The molecule has 0 aliphatic carbocycles. The van der Waals surface area contributed by atoms with Gasteiger partial charge in [0.2, 0.25) is 0 Å². The number of hydrogen-bond acceptors (Lipinski definition) is 3. The summed E-state index contributed by atoms with van der Waals surface area (Å²) in [6, 6.07) is 3.54. The number of ether oxygens (including phenoxy) is 2. The molecule has 0 bridgehead atoms. The van der Waals surface area contributed by atoms with Crippen LogP contribution in [0, 0.1) is 0 Å². The van der Waals surface area contributed by atoms with Crippen LogP contribution in [0.5, 0.6) is 11.5 Å². The summed E-state index contributed by atoms with van der Waals surface area (Å²) in [7, 11) is 0. The Bertz CT molecular complexity index is 363. The van der Waals surface area contributed by atoms with Crippen LogP contribution in [0.25, 0.3) is 0 Å². The van der Waals surface area contributed by atoms with E-state index in [9.17, 15) is 4.79 Å². The van der Waals surface area contributed by atoms with Gasteiger partial charge in [-0.2, -0.15) is 0 Å². The Kier molecular flexibility index (Phi) is 2.72. The van der Waals surface area contributed by atoms with Gasteiger partial charge in [0.05, 0.1) is 18.8 Å². The zero-order chi connectivity index (χ0) is 9.97. The van der Waals surface area contributed by atoms with Gasteiger partial charge in [-0.3, -0.25) is 4.79 Å². The van der Waals surface area contributed by atoms with Crippen LogP contribution >= 0.6 is 15.9 Å². The van der Waals surface area contributed by atoms with Crippen LogP contribution in [0.3, 0.4) is 0 Å². The molecular weight excluding hydrogens is 248 g/mol. The van der Waals surface area contributed by atoms with E-state index in [1.165, 1.54) is 0 Å². The number of carbonyl (C=O) groups is 1. The quantitative estimate of drug-likeness (QED) is 0.725. The first-order chi connectivity index (χ1) is 6.81. The van der Waals surface area contributed by atoms with Crippen LogP contribution in [0.2, 0.25) is 0 Å². The SMILES string of the molecule is O=Cc1cc(Br)cc2c1OCCCO2. The van der Waals surface area contributed by atoms with Crippen LogP contribution in [-0.4, -0.2) is 19.5 Å². The third-order valence-electron chi connectivity index (χ3n) is 1.97. The highest BCUT2D eigenvalue weighted by atomic mass is 79.9. The van der Waals surface area contributed by atoms with Gasteiger partial charge in [0.1, 0.15) is 0 Å². The maximum Gasteiger partial charge on any atom is 0.171 e. The lowest BCUT2D eigenvalue weighted by molar-refractivity contribution is 0.111. The smallest absolute Gasteiger partial charge is 0.171 e. The Hall–Kier alpha value is -1.03. The normalized spacial score (nSPS) is 14.6. The van der Waals surface area contributed by atoms with Gasteiger partial charge in [-0.1, -0.05) is 15.9 Å². The molecule has 0 unspecified atom stereocenters. The lowest BCUT2D eigenvalue weighted by atomic mass is 10.2. The van der Waals surface area contributed by atoms with Crippen molar-refractivity contribution in [3.63, 3.8) is 0 Å². The topological polar surface area (TPSA) is 35.5 Å². The monoisotopic (exact) mass is 256 g/mol. The first-order valence-electron chi connectivity index (χ1n) is 4.35. The molecule has 1 heterocycles. The molecule has 0 saturated heterocycles. The van der Waals surface area contributed by atoms with Crippen molar-refractivity contribution in [2.45, 2.75) is 6.42 Å². The van der Waals surface area contributed by atoms with Gasteiger partial charge in [0, 0.05) is 10.9 Å². The third-order valence-corrected chi connectivity index (χ3v) is 2.43. The van der Waals surface area contributed by atoms with E-state index < -0.39 is 0 Å². The fourth-order valence-corrected chi connectivity index (χ4v) is 1.81. The Morgan fingerprint density at radius 1 is 1.29 bits per heavy atom. The summed E-state index contributed by atoms with van der Waals surface area (Å²) in [5.74, 6) is 1.19. The number of fused-ring (bicyclic) bond motifs is 1. The summed E-state index contributed by atoms with van der Waals surface area (Å²) in [5.41, 5.74) is 0.524. The second-order valence-electron chi connectivity index (χ2n) is 2.99. The molecule has 2 rings (SSSR count). The summed E-state index contributed by atoms with van der Waals surface area (Å²) < 4.78 is 11.7. The van der Waals surface area contributed by atoms with E-state index in [1.807, 2.05) is 6.07 Å². The van der Waals surface area contributed by atoms with E-state index >= 15 is 0 Å². The van der Waals surface area contributed by atoms with Gasteiger partial charge in [0.15, 0.2) is 17.8 Å². The molecule has 3 nitrogen and oxygen atoms in total. The van der Waals surface area contributed by atoms with Crippen LogP contribution in [0.1, 0.15) is 16.8 Å². The third kappa shape index (κ3) is 1.75. The molecule has 0 saturated carbocycles. The molecule has 0 atom stereocenters. The minimum absolute atomic E-state index is 0.524. The molecule has 4 heteroatoms. The summed E-state index contributed by atoms with van der Waals surface area (Å²) in [4.78, 5) is 10.8. The molecule has 0 fully saturated rings.